The summed E-state index contributed by atoms with van der Waals surface area (Å²) in [4.78, 5) is 14.7. The van der Waals surface area contributed by atoms with Gasteiger partial charge >= 0.3 is 0 Å². The molecule has 0 saturated carbocycles. The van der Waals surface area contributed by atoms with Crippen LogP contribution in [0.3, 0.4) is 0 Å². The highest BCUT2D eigenvalue weighted by atomic mass is 35.5. The Balaban J connectivity index is 0.00000225. The summed E-state index contributed by atoms with van der Waals surface area (Å²) in [5, 5.41) is 4.67. The summed E-state index contributed by atoms with van der Waals surface area (Å²) in [6.45, 7) is 5.31. The van der Waals surface area contributed by atoms with Crippen LogP contribution in [0.25, 0.3) is 5.69 Å². The summed E-state index contributed by atoms with van der Waals surface area (Å²) < 4.78 is 1.94. The Morgan fingerprint density at radius 2 is 1.96 bits per heavy atom. The van der Waals surface area contributed by atoms with Crippen molar-refractivity contribution in [1.82, 2.24) is 14.7 Å². The summed E-state index contributed by atoms with van der Waals surface area (Å²) in [5.74, 6) is -0.00986. The van der Waals surface area contributed by atoms with Gasteiger partial charge in [-0.2, -0.15) is 5.10 Å². The van der Waals surface area contributed by atoms with Crippen LogP contribution in [0.2, 0.25) is 0 Å². The molecule has 0 atom stereocenters. The number of halogens is 1. The van der Waals surface area contributed by atoms with Gasteiger partial charge < -0.3 is 10.6 Å². The molecule has 0 aliphatic heterocycles. The Hall–Kier alpha value is -1.85. The largest absolute Gasteiger partial charge is 0.340 e. The molecule has 1 heterocycles. The molecular weight excluding hydrogens is 336 g/mol. The third-order valence-corrected chi connectivity index (χ3v) is 4.70. The zero-order valence-electron chi connectivity index (χ0n) is 15.2. The maximum absolute atomic E-state index is 13.0. The van der Waals surface area contributed by atoms with Gasteiger partial charge in [0.2, 0.25) is 0 Å². The van der Waals surface area contributed by atoms with E-state index in [1.165, 1.54) is 5.69 Å². The van der Waals surface area contributed by atoms with Crippen molar-refractivity contribution in [3.8, 4) is 5.69 Å². The van der Waals surface area contributed by atoms with Crippen LogP contribution in [-0.2, 0) is 12.8 Å². The monoisotopic (exact) mass is 362 g/mol. The molecule has 0 unspecified atom stereocenters. The molecule has 1 aromatic heterocycles. The first-order valence-electron chi connectivity index (χ1n) is 8.55. The van der Waals surface area contributed by atoms with E-state index in [9.17, 15) is 4.79 Å². The Morgan fingerprint density at radius 1 is 1.28 bits per heavy atom. The summed E-state index contributed by atoms with van der Waals surface area (Å²) in [6, 6.07) is 10.0. The summed E-state index contributed by atoms with van der Waals surface area (Å²) in [5.41, 5.74) is 9.61. The highest BCUT2D eigenvalue weighted by Gasteiger charge is 2.30. The Labute approximate surface area is 155 Å². The van der Waals surface area contributed by atoms with E-state index in [0.29, 0.717) is 18.8 Å². The predicted molar refractivity (Wildman–Crippen MR) is 103 cm³/mol. The van der Waals surface area contributed by atoms with Gasteiger partial charge in [0.15, 0.2) is 5.69 Å². The number of rotatable bonds is 5. The van der Waals surface area contributed by atoms with Gasteiger partial charge in [-0.1, -0.05) is 32.0 Å². The fraction of sp³-hybridized carbons (Fsp3) is 0.474. The number of hydrogen-bond donors (Lipinski definition) is 1. The minimum absolute atomic E-state index is 0. The smallest absolute Gasteiger partial charge is 0.274 e. The van der Waals surface area contributed by atoms with Gasteiger partial charge in [0.1, 0.15) is 0 Å². The third-order valence-electron chi connectivity index (χ3n) is 4.70. The molecule has 1 amide bonds. The molecule has 0 saturated heterocycles. The standard InChI is InChI=1S/C19H26N4O.ClH/c1-19(2,12-20)13-22(3)18(24)17-15-10-7-11-16(15)23(21-17)14-8-5-4-6-9-14;/h4-6,8-9H,7,10-13,20H2,1-3H3;1H. The number of para-hydroxylation sites is 1. The van der Waals surface area contributed by atoms with Gasteiger partial charge in [0.25, 0.3) is 5.91 Å². The number of nitrogens with two attached hydrogens (primary N) is 1. The fourth-order valence-corrected chi connectivity index (χ4v) is 3.35. The quantitative estimate of drug-likeness (QED) is 0.889. The third kappa shape index (κ3) is 3.88. The lowest BCUT2D eigenvalue weighted by Gasteiger charge is -2.28. The molecule has 6 heteroatoms. The van der Waals surface area contributed by atoms with E-state index in [2.05, 4.69) is 18.9 Å². The lowest BCUT2D eigenvalue weighted by molar-refractivity contribution is 0.0733. The van der Waals surface area contributed by atoms with Gasteiger partial charge in [-0.3, -0.25) is 4.79 Å². The summed E-state index contributed by atoms with van der Waals surface area (Å²) in [7, 11) is 1.84. The second kappa shape index (κ2) is 7.58. The zero-order valence-corrected chi connectivity index (χ0v) is 16.0. The fourth-order valence-electron chi connectivity index (χ4n) is 3.35. The SMILES string of the molecule is CN(CC(C)(C)CN)C(=O)c1nn(-c2ccccc2)c2c1CCC2.Cl. The average Bonchev–Trinajstić information content (AvgIpc) is 3.17. The number of aromatic nitrogens is 2. The molecule has 136 valence electrons. The van der Waals surface area contributed by atoms with E-state index in [1.807, 2.05) is 42.1 Å². The Kier molecular flexibility index (Phi) is 5.91. The molecule has 3 rings (SSSR count). The highest BCUT2D eigenvalue weighted by Crippen LogP contribution is 2.28. The number of hydrogen-bond acceptors (Lipinski definition) is 3. The van der Waals surface area contributed by atoms with Crippen LogP contribution in [0.1, 0.15) is 42.0 Å². The molecule has 0 bridgehead atoms. The van der Waals surface area contributed by atoms with Crippen molar-refractivity contribution < 1.29 is 4.79 Å². The van der Waals surface area contributed by atoms with E-state index in [0.717, 1.165) is 30.5 Å². The molecule has 1 aliphatic rings. The number of benzene rings is 1. The van der Waals surface area contributed by atoms with Crippen LogP contribution in [0.4, 0.5) is 0 Å². The molecule has 0 radical (unpaired) electrons. The molecule has 0 fully saturated rings. The Bertz CT molecular complexity index is 739. The second-order valence-corrected chi connectivity index (χ2v) is 7.40. The van der Waals surface area contributed by atoms with Gasteiger partial charge in [0, 0.05) is 24.8 Å². The van der Waals surface area contributed by atoms with Crippen molar-refractivity contribution in [3.05, 3.63) is 47.3 Å². The van der Waals surface area contributed by atoms with Crippen molar-refractivity contribution >= 4 is 18.3 Å². The highest BCUT2D eigenvalue weighted by molar-refractivity contribution is 5.94. The molecule has 1 aromatic carbocycles. The first kappa shape index (κ1) is 19.5. The lowest BCUT2D eigenvalue weighted by atomic mass is 9.93. The molecule has 2 N–H and O–H groups in total. The maximum atomic E-state index is 13.0. The normalized spacial score (nSPS) is 13.3. The predicted octanol–water partition coefficient (Wildman–Crippen LogP) is 2.84. The first-order valence-corrected chi connectivity index (χ1v) is 8.55. The van der Waals surface area contributed by atoms with Crippen LogP contribution < -0.4 is 5.73 Å². The van der Waals surface area contributed by atoms with Crippen molar-refractivity contribution in [1.29, 1.82) is 0 Å². The van der Waals surface area contributed by atoms with Crippen molar-refractivity contribution in [3.63, 3.8) is 0 Å². The van der Waals surface area contributed by atoms with E-state index in [-0.39, 0.29) is 23.7 Å². The first-order chi connectivity index (χ1) is 11.4. The van der Waals surface area contributed by atoms with E-state index < -0.39 is 0 Å². The van der Waals surface area contributed by atoms with Gasteiger partial charge in [-0.15, -0.1) is 12.4 Å². The molecule has 25 heavy (non-hydrogen) atoms. The van der Waals surface area contributed by atoms with Gasteiger partial charge in [0.05, 0.1) is 5.69 Å². The maximum Gasteiger partial charge on any atom is 0.274 e. The van der Waals surface area contributed by atoms with E-state index >= 15 is 0 Å². The molecule has 1 aliphatic carbocycles. The van der Waals surface area contributed by atoms with E-state index in [4.69, 9.17) is 5.73 Å². The summed E-state index contributed by atoms with van der Waals surface area (Å²) >= 11 is 0. The molecule has 0 spiro atoms. The van der Waals surface area contributed by atoms with Crippen LogP contribution in [0.15, 0.2) is 30.3 Å². The summed E-state index contributed by atoms with van der Waals surface area (Å²) in [6.07, 6.45) is 2.98. The Morgan fingerprint density at radius 3 is 2.60 bits per heavy atom. The van der Waals surface area contributed by atoms with Crippen LogP contribution in [0.5, 0.6) is 0 Å². The van der Waals surface area contributed by atoms with Gasteiger partial charge in [-0.05, 0) is 43.4 Å². The molecule has 5 nitrogen and oxygen atoms in total. The van der Waals surface area contributed by atoms with Crippen molar-refractivity contribution in [2.24, 2.45) is 11.1 Å². The zero-order chi connectivity index (χ0) is 17.3. The van der Waals surface area contributed by atoms with Crippen molar-refractivity contribution in [2.45, 2.75) is 33.1 Å². The lowest BCUT2D eigenvalue weighted by Crippen LogP contribution is -2.40. The van der Waals surface area contributed by atoms with E-state index in [1.54, 1.807) is 4.90 Å². The van der Waals surface area contributed by atoms with Crippen LogP contribution in [0, 0.1) is 5.41 Å². The number of fused-ring (bicyclic) bond motifs is 1. The molecule has 2 aromatic rings. The molecular formula is C19H27ClN4O. The topological polar surface area (TPSA) is 64.2 Å². The van der Waals surface area contributed by atoms with Crippen molar-refractivity contribution in [2.75, 3.05) is 20.1 Å². The number of carbonyl (C=O) groups excluding carboxylic acids is 1. The minimum Gasteiger partial charge on any atom is -0.340 e. The number of nitrogens with zero attached hydrogens (tertiary/aromatic N) is 3. The second-order valence-electron chi connectivity index (χ2n) is 7.40. The van der Waals surface area contributed by atoms with Gasteiger partial charge in [-0.25, -0.2) is 4.68 Å². The van der Waals surface area contributed by atoms with Crippen LogP contribution in [-0.4, -0.2) is 40.7 Å². The minimum atomic E-state index is -0.102. The van der Waals surface area contributed by atoms with Crippen LogP contribution >= 0.6 is 12.4 Å². The number of carbonyl (C=O) groups is 1. The number of amides is 1. The average molecular weight is 363 g/mol.